The van der Waals surface area contributed by atoms with Crippen molar-refractivity contribution in [2.45, 2.75) is 0 Å². The van der Waals surface area contributed by atoms with Gasteiger partial charge >= 0.3 is 0 Å². The zero-order valence-electron chi connectivity index (χ0n) is 9.89. The Morgan fingerprint density at radius 1 is 1.25 bits per heavy atom. The highest BCUT2D eigenvalue weighted by Gasteiger charge is 2.15. The van der Waals surface area contributed by atoms with Crippen LogP contribution in [0.5, 0.6) is 11.6 Å². The number of anilines is 1. The van der Waals surface area contributed by atoms with Crippen LogP contribution in [0, 0.1) is 11.6 Å². The number of nitrogen functional groups attached to an aromatic ring is 1. The van der Waals surface area contributed by atoms with E-state index in [2.05, 4.69) is 25.6 Å². The fraction of sp³-hybridized carbons (Fsp3) is 0. The Hall–Kier alpha value is -2.81. The minimum absolute atomic E-state index is 0.00111. The van der Waals surface area contributed by atoms with Gasteiger partial charge in [0.15, 0.2) is 17.2 Å². The van der Waals surface area contributed by atoms with Crippen LogP contribution >= 0.6 is 0 Å². The number of aromatic nitrogens is 4. The van der Waals surface area contributed by atoms with Crippen molar-refractivity contribution in [1.82, 2.24) is 20.2 Å². The molecule has 0 aliphatic rings. The molecular weight excluding hydrogens is 270 g/mol. The Morgan fingerprint density at radius 2 is 2.10 bits per heavy atom. The van der Waals surface area contributed by atoms with Crippen LogP contribution in [0.2, 0.25) is 0 Å². The van der Waals surface area contributed by atoms with E-state index in [1.807, 2.05) is 0 Å². The lowest BCUT2D eigenvalue weighted by molar-refractivity contribution is 0.409. The predicted octanol–water partition coefficient (Wildman–Crippen LogP) is 1.71. The zero-order valence-corrected chi connectivity index (χ0v) is 9.89. The summed E-state index contributed by atoms with van der Waals surface area (Å²) < 4.78 is 32.0. The smallest absolute Gasteiger partial charge is 0.242 e. The third kappa shape index (κ3) is 1.99. The largest absolute Gasteiger partial charge is 0.435 e. The van der Waals surface area contributed by atoms with Gasteiger partial charge in [0.2, 0.25) is 17.6 Å². The summed E-state index contributed by atoms with van der Waals surface area (Å²) in [6.45, 7) is 0. The van der Waals surface area contributed by atoms with Gasteiger partial charge in [-0.2, -0.15) is 19.5 Å². The maximum absolute atomic E-state index is 13.6. The lowest BCUT2D eigenvalue weighted by Crippen LogP contribution is -2.11. The number of hydrogen-bond acceptors (Lipinski definition) is 6. The van der Waals surface area contributed by atoms with Gasteiger partial charge in [0.25, 0.3) is 0 Å². The molecule has 4 N–H and O–H groups in total. The molecule has 0 atom stereocenters. The van der Waals surface area contributed by atoms with Gasteiger partial charge in [0, 0.05) is 0 Å². The summed E-state index contributed by atoms with van der Waals surface area (Å²) in [4.78, 5) is 7.92. The van der Waals surface area contributed by atoms with E-state index in [4.69, 9.17) is 10.6 Å². The predicted molar refractivity (Wildman–Crippen MR) is 65.9 cm³/mol. The average molecular weight is 278 g/mol. The Kier molecular flexibility index (Phi) is 2.88. The topological polar surface area (TPSA) is 102 Å². The number of rotatable bonds is 3. The number of nitrogens with two attached hydrogens (primary N) is 1. The van der Waals surface area contributed by atoms with E-state index in [1.54, 1.807) is 0 Å². The monoisotopic (exact) mass is 278 g/mol. The van der Waals surface area contributed by atoms with E-state index in [-0.39, 0.29) is 17.6 Å². The van der Waals surface area contributed by atoms with Crippen molar-refractivity contribution in [3.63, 3.8) is 0 Å². The first kappa shape index (κ1) is 12.2. The highest BCUT2D eigenvalue weighted by Crippen LogP contribution is 2.29. The van der Waals surface area contributed by atoms with Crippen molar-refractivity contribution >= 4 is 17.0 Å². The molecule has 3 aromatic rings. The second-order valence-corrected chi connectivity index (χ2v) is 3.78. The summed E-state index contributed by atoms with van der Waals surface area (Å²) in [5.41, 5.74) is 2.59. The van der Waals surface area contributed by atoms with Crippen LogP contribution in [0.15, 0.2) is 24.4 Å². The third-order valence-corrected chi connectivity index (χ3v) is 2.53. The molecule has 2 aromatic heterocycles. The molecule has 9 heteroatoms. The number of H-pyrrole nitrogens is 1. The van der Waals surface area contributed by atoms with Crippen LogP contribution in [-0.2, 0) is 0 Å². The van der Waals surface area contributed by atoms with Gasteiger partial charge in [-0.25, -0.2) is 10.2 Å². The van der Waals surface area contributed by atoms with E-state index in [0.29, 0.717) is 11.0 Å². The van der Waals surface area contributed by atoms with Crippen molar-refractivity contribution in [3.05, 3.63) is 36.0 Å². The molecule has 0 saturated carbocycles. The van der Waals surface area contributed by atoms with E-state index in [1.165, 1.54) is 18.3 Å². The van der Waals surface area contributed by atoms with E-state index >= 15 is 0 Å². The molecule has 0 radical (unpaired) electrons. The lowest BCUT2D eigenvalue weighted by atomic mass is 10.3. The zero-order chi connectivity index (χ0) is 14.1. The molecular formula is C11H8F2N6O. The van der Waals surface area contributed by atoms with Crippen molar-refractivity contribution in [1.29, 1.82) is 0 Å². The molecule has 7 nitrogen and oxygen atoms in total. The van der Waals surface area contributed by atoms with Gasteiger partial charge in [-0.05, 0) is 12.1 Å². The molecule has 1 aromatic carbocycles. The highest BCUT2D eigenvalue weighted by atomic mass is 19.2. The maximum Gasteiger partial charge on any atom is 0.242 e. The van der Waals surface area contributed by atoms with Crippen LogP contribution in [0.3, 0.4) is 0 Å². The van der Waals surface area contributed by atoms with E-state index in [9.17, 15) is 8.78 Å². The number of nitrogens with zero attached hydrogens (tertiary/aromatic N) is 3. The molecule has 102 valence electrons. The molecule has 0 spiro atoms. The molecule has 20 heavy (non-hydrogen) atoms. The molecule has 0 aliphatic carbocycles. The summed E-state index contributed by atoms with van der Waals surface area (Å²) in [5, 5.41) is 6.79. The highest BCUT2D eigenvalue weighted by molar-refractivity contribution is 5.80. The number of benzene rings is 1. The average Bonchev–Trinajstić information content (AvgIpc) is 2.92. The SMILES string of the molecule is NNc1nc(Oc2cccc(F)c2F)c2cn[nH]c2n1. The number of nitrogens with one attached hydrogen (secondary N) is 2. The summed E-state index contributed by atoms with van der Waals surface area (Å²) in [7, 11) is 0. The minimum atomic E-state index is -1.11. The fourth-order valence-corrected chi connectivity index (χ4v) is 1.62. The third-order valence-electron chi connectivity index (χ3n) is 2.53. The number of aromatic amines is 1. The van der Waals surface area contributed by atoms with Crippen molar-refractivity contribution in [2.75, 3.05) is 5.43 Å². The molecule has 0 amide bonds. The van der Waals surface area contributed by atoms with E-state index in [0.717, 1.165) is 6.07 Å². The number of halogens is 2. The van der Waals surface area contributed by atoms with Crippen LogP contribution < -0.4 is 16.0 Å². The first-order chi connectivity index (χ1) is 9.69. The molecule has 2 heterocycles. The van der Waals surface area contributed by atoms with Gasteiger partial charge in [-0.3, -0.25) is 10.5 Å². The van der Waals surface area contributed by atoms with Crippen molar-refractivity contribution in [2.24, 2.45) is 5.84 Å². The normalized spacial score (nSPS) is 10.8. The number of hydrogen-bond donors (Lipinski definition) is 3. The van der Waals surface area contributed by atoms with Crippen molar-refractivity contribution in [3.8, 4) is 11.6 Å². The second-order valence-electron chi connectivity index (χ2n) is 3.78. The molecule has 0 fully saturated rings. The quantitative estimate of drug-likeness (QED) is 0.498. The first-order valence-corrected chi connectivity index (χ1v) is 5.48. The van der Waals surface area contributed by atoms with Gasteiger partial charge in [0.05, 0.1) is 6.20 Å². The van der Waals surface area contributed by atoms with Crippen molar-refractivity contribution < 1.29 is 13.5 Å². The van der Waals surface area contributed by atoms with Crippen LogP contribution in [0.25, 0.3) is 11.0 Å². The van der Waals surface area contributed by atoms with Gasteiger partial charge < -0.3 is 4.74 Å². The standard InChI is InChI=1S/C11H8F2N6O/c12-6-2-1-3-7(8(6)13)20-10-5-4-15-19-9(5)16-11(17-10)18-14/h1-4H,14H2,(H2,15,16,17,18,19). The summed E-state index contributed by atoms with van der Waals surface area (Å²) in [6.07, 6.45) is 1.40. The number of fused-ring (bicyclic) bond motifs is 1. The Bertz CT molecular complexity index is 775. The van der Waals surface area contributed by atoms with E-state index < -0.39 is 11.6 Å². The molecule has 0 bridgehead atoms. The lowest BCUT2D eigenvalue weighted by Gasteiger charge is -2.08. The molecule has 0 aliphatic heterocycles. The molecule has 3 rings (SSSR count). The Morgan fingerprint density at radius 3 is 2.90 bits per heavy atom. The minimum Gasteiger partial charge on any atom is -0.435 e. The summed E-state index contributed by atoms with van der Waals surface area (Å²) >= 11 is 0. The number of hydrazine groups is 1. The Balaban J connectivity index is 2.10. The molecule has 0 saturated heterocycles. The van der Waals surface area contributed by atoms with Gasteiger partial charge in [-0.15, -0.1) is 0 Å². The maximum atomic E-state index is 13.6. The summed E-state index contributed by atoms with van der Waals surface area (Å²) in [5.74, 6) is 2.86. The van der Waals surface area contributed by atoms with Crippen LogP contribution in [0.4, 0.5) is 14.7 Å². The first-order valence-electron chi connectivity index (χ1n) is 5.48. The molecule has 0 unspecified atom stereocenters. The summed E-state index contributed by atoms with van der Waals surface area (Å²) in [6, 6.07) is 3.59. The van der Waals surface area contributed by atoms with Crippen LogP contribution in [-0.4, -0.2) is 20.2 Å². The Labute approximate surface area is 110 Å². The van der Waals surface area contributed by atoms with Gasteiger partial charge in [0.1, 0.15) is 5.39 Å². The van der Waals surface area contributed by atoms with Gasteiger partial charge in [-0.1, -0.05) is 6.07 Å². The second kappa shape index (κ2) is 4.70. The fourth-order valence-electron chi connectivity index (χ4n) is 1.62. The number of ether oxygens (including phenoxy) is 1. The van der Waals surface area contributed by atoms with Crippen LogP contribution in [0.1, 0.15) is 0 Å².